The van der Waals surface area contributed by atoms with Crippen molar-refractivity contribution >= 4 is 11.8 Å². The second-order valence-electron chi connectivity index (χ2n) is 3.53. The number of hydrogen-bond acceptors (Lipinski definition) is 3. The summed E-state index contributed by atoms with van der Waals surface area (Å²) in [7, 11) is 0. The van der Waals surface area contributed by atoms with Gasteiger partial charge in [-0.2, -0.15) is 0 Å². The van der Waals surface area contributed by atoms with Crippen molar-refractivity contribution < 1.29 is 27.5 Å². The summed E-state index contributed by atoms with van der Waals surface area (Å²) < 4.78 is 43.3. The van der Waals surface area contributed by atoms with E-state index in [2.05, 4.69) is 4.74 Å². The molecule has 1 aromatic carbocycles. The molecule has 0 fully saturated rings. The predicted octanol–water partition coefficient (Wildman–Crippen LogP) is 2.17. The Morgan fingerprint density at radius 1 is 1.17 bits per heavy atom. The van der Waals surface area contributed by atoms with Crippen LogP contribution in [0.15, 0.2) is 12.1 Å². The highest BCUT2D eigenvalue weighted by molar-refractivity contribution is 5.96. The number of ether oxygens (including phenoxy) is 1. The van der Waals surface area contributed by atoms with E-state index in [1.54, 1.807) is 6.92 Å². The number of hydrogen-bond donors (Lipinski definition) is 0. The molecule has 18 heavy (non-hydrogen) atoms. The van der Waals surface area contributed by atoms with E-state index < -0.39 is 42.0 Å². The van der Waals surface area contributed by atoms with Gasteiger partial charge in [-0.15, -0.1) is 0 Å². The van der Waals surface area contributed by atoms with Gasteiger partial charge < -0.3 is 4.74 Å². The van der Waals surface area contributed by atoms with E-state index in [4.69, 9.17) is 0 Å². The molecule has 3 nitrogen and oxygen atoms in total. The van der Waals surface area contributed by atoms with Gasteiger partial charge in [-0.25, -0.2) is 13.2 Å². The van der Waals surface area contributed by atoms with Crippen LogP contribution < -0.4 is 0 Å². The second-order valence-corrected chi connectivity index (χ2v) is 3.53. The zero-order valence-corrected chi connectivity index (χ0v) is 9.63. The lowest BCUT2D eigenvalue weighted by molar-refractivity contribution is -0.145. The van der Waals surface area contributed by atoms with Gasteiger partial charge in [0.05, 0.1) is 6.61 Å². The molecule has 6 heteroatoms. The van der Waals surface area contributed by atoms with Crippen LogP contribution in [0, 0.1) is 17.5 Å². The molecular weight excluding hydrogens is 249 g/mol. The third-order valence-electron chi connectivity index (χ3n) is 2.15. The maximum absolute atomic E-state index is 13.2. The molecule has 0 aliphatic rings. The van der Waals surface area contributed by atoms with Crippen LogP contribution in [0.5, 0.6) is 0 Å². The van der Waals surface area contributed by atoms with Crippen LogP contribution in [-0.4, -0.2) is 18.4 Å². The van der Waals surface area contributed by atoms with Crippen LogP contribution >= 0.6 is 0 Å². The van der Waals surface area contributed by atoms with Crippen molar-refractivity contribution in [3.8, 4) is 0 Å². The zero-order valence-electron chi connectivity index (χ0n) is 9.63. The largest absolute Gasteiger partial charge is 0.466 e. The van der Waals surface area contributed by atoms with Crippen LogP contribution in [0.3, 0.4) is 0 Å². The van der Waals surface area contributed by atoms with Crippen LogP contribution in [0.4, 0.5) is 13.2 Å². The molecule has 0 aliphatic heterocycles. The summed E-state index contributed by atoms with van der Waals surface area (Å²) in [6, 6.07) is 1.70. The highest BCUT2D eigenvalue weighted by Crippen LogP contribution is 2.16. The molecule has 0 radical (unpaired) electrons. The van der Waals surface area contributed by atoms with Gasteiger partial charge in [0, 0.05) is 6.42 Å². The molecule has 0 N–H and O–H groups in total. The Balaban J connectivity index is 2.71. The molecule has 1 aromatic rings. The monoisotopic (exact) mass is 260 g/mol. The third kappa shape index (κ3) is 3.58. The van der Waals surface area contributed by atoms with Crippen LogP contribution in [0.1, 0.15) is 18.9 Å². The first-order chi connectivity index (χ1) is 8.45. The molecule has 0 bridgehead atoms. The fourth-order valence-electron chi connectivity index (χ4n) is 1.35. The van der Waals surface area contributed by atoms with E-state index >= 15 is 0 Å². The number of benzene rings is 1. The minimum atomic E-state index is -1.63. The van der Waals surface area contributed by atoms with Crippen molar-refractivity contribution in [2.45, 2.75) is 19.8 Å². The molecule has 0 saturated heterocycles. The summed E-state index contributed by atoms with van der Waals surface area (Å²) in [5.41, 5.74) is -0.289. The summed E-state index contributed by atoms with van der Waals surface area (Å²) in [6.45, 7) is 1.71. The lowest BCUT2D eigenvalue weighted by Crippen LogP contribution is -2.14. The van der Waals surface area contributed by atoms with Gasteiger partial charge >= 0.3 is 5.97 Å². The molecule has 0 amide bonds. The van der Waals surface area contributed by atoms with Crippen molar-refractivity contribution in [2.75, 3.05) is 6.61 Å². The van der Waals surface area contributed by atoms with Crippen molar-refractivity contribution in [2.24, 2.45) is 0 Å². The molecule has 98 valence electrons. The average molecular weight is 260 g/mol. The van der Waals surface area contributed by atoms with E-state index in [0.29, 0.717) is 0 Å². The second kappa shape index (κ2) is 6.18. The van der Waals surface area contributed by atoms with Crippen molar-refractivity contribution in [3.05, 3.63) is 35.1 Å². The van der Waals surface area contributed by atoms with Gasteiger partial charge in [-0.1, -0.05) is 6.07 Å². The Morgan fingerprint density at radius 3 is 2.44 bits per heavy atom. The van der Waals surface area contributed by atoms with E-state index in [1.807, 2.05) is 0 Å². The Hall–Kier alpha value is -1.85. The SMILES string of the molecule is CCOC(=O)CC(=O)Cc1ccc(F)c(F)c1F. The Kier molecular flexibility index (Phi) is 4.88. The average Bonchev–Trinajstić information content (AvgIpc) is 2.30. The van der Waals surface area contributed by atoms with Gasteiger partial charge in [0.2, 0.25) is 0 Å². The maximum Gasteiger partial charge on any atom is 0.313 e. The van der Waals surface area contributed by atoms with Crippen LogP contribution in [0.25, 0.3) is 0 Å². The molecule has 0 spiro atoms. The topological polar surface area (TPSA) is 43.4 Å². The highest BCUT2D eigenvalue weighted by Gasteiger charge is 2.17. The first-order valence-electron chi connectivity index (χ1n) is 5.25. The van der Waals surface area contributed by atoms with Crippen molar-refractivity contribution in [1.29, 1.82) is 0 Å². The van der Waals surface area contributed by atoms with E-state index in [9.17, 15) is 22.8 Å². The van der Waals surface area contributed by atoms with Crippen molar-refractivity contribution in [3.63, 3.8) is 0 Å². The number of esters is 1. The molecule has 0 aliphatic carbocycles. The number of ketones is 1. The van der Waals surface area contributed by atoms with Crippen LogP contribution in [-0.2, 0) is 20.7 Å². The number of rotatable bonds is 5. The minimum Gasteiger partial charge on any atom is -0.466 e. The molecule has 1 rings (SSSR count). The lowest BCUT2D eigenvalue weighted by atomic mass is 10.1. The smallest absolute Gasteiger partial charge is 0.313 e. The van der Waals surface area contributed by atoms with E-state index in [1.165, 1.54) is 0 Å². The van der Waals surface area contributed by atoms with Crippen LogP contribution in [0.2, 0.25) is 0 Å². The first-order valence-corrected chi connectivity index (χ1v) is 5.25. The third-order valence-corrected chi connectivity index (χ3v) is 2.15. The summed E-state index contributed by atoms with van der Waals surface area (Å²) in [5, 5.41) is 0. The lowest BCUT2D eigenvalue weighted by Gasteiger charge is -2.04. The maximum atomic E-state index is 13.2. The van der Waals surface area contributed by atoms with E-state index in [0.717, 1.165) is 12.1 Å². The quantitative estimate of drug-likeness (QED) is 0.463. The summed E-state index contributed by atoms with van der Waals surface area (Å²) in [4.78, 5) is 22.3. The molecule has 0 saturated carbocycles. The first kappa shape index (κ1) is 14.2. The number of Topliss-reactive ketones (excluding diaryl/α,β-unsaturated/α-hetero) is 1. The predicted molar refractivity (Wildman–Crippen MR) is 56.3 cm³/mol. The van der Waals surface area contributed by atoms with Gasteiger partial charge in [0.1, 0.15) is 12.2 Å². The zero-order chi connectivity index (χ0) is 13.7. The standard InChI is InChI=1S/C12H11F3O3/c1-2-18-10(17)6-8(16)5-7-3-4-9(13)12(15)11(7)14/h3-4H,2,5-6H2,1H3. The Bertz CT molecular complexity index is 472. The Morgan fingerprint density at radius 2 is 1.83 bits per heavy atom. The highest BCUT2D eigenvalue weighted by atomic mass is 19.2. The van der Waals surface area contributed by atoms with Gasteiger partial charge in [-0.3, -0.25) is 9.59 Å². The minimum absolute atomic E-state index is 0.131. The van der Waals surface area contributed by atoms with E-state index in [-0.39, 0.29) is 12.2 Å². The number of halogens is 3. The normalized spacial score (nSPS) is 10.2. The van der Waals surface area contributed by atoms with Crippen molar-refractivity contribution in [1.82, 2.24) is 0 Å². The number of carbonyl (C=O) groups excluding carboxylic acids is 2. The fraction of sp³-hybridized carbons (Fsp3) is 0.333. The fourth-order valence-corrected chi connectivity index (χ4v) is 1.35. The van der Waals surface area contributed by atoms with Gasteiger partial charge in [0.15, 0.2) is 17.5 Å². The summed E-state index contributed by atoms with van der Waals surface area (Å²) in [6.07, 6.45) is -1.01. The van der Waals surface area contributed by atoms with Gasteiger partial charge in [0.25, 0.3) is 0 Å². The molecular formula is C12H11F3O3. The molecule has 0 atom stereocenters. The molecule has 0 heterocycles. The molecule has 0 unspecified atom stereocenters. The summed E-state index contributed by atoms with van der Waals surface area (Å²) in [5.74, 6) is -5.72. The van der Waals surface area contributed by atoms with Gasteiger partial charge in [-0.05, 0) is 18.6 Å². The molecule has 0 aromatic heterocycles. The summed E-state index contributed by atoms with van der Waals surface area (Å²) >= 11 is 0. The Labute approximate surface area is 102 Å². The number of carbonyl (C=O) groups is 2.